The predicted octanol–water partition coefficient (Wildman–Crippen LogP) is 1.74. The second-order valence-electron chi connectivity index (χ2n) is 12.5. The second kappa shape index (κ2) is 18.7. The minimum absolute atomic E-state index is 0.00443. The number of hydrogen-bond acceptors (Lipinski definition) is 8. The maximum absolute atomic E-state index is 14.0. The minimum Gasteiger partial charge on any atom is -0.508 e. The molecular formula is C39H43N5O8. The number of carboxylic acids is 1. The lowest BCUT2D eigenvalue weighted by Gasteiger charge is -2.26. The van der Waals surface area contributed by atoms with Crippen LogP contribution in [-0.4, -0.2) is 75.1 Å². The van der Waals surface area contributed by atoms with E-state index in [9.17, 15) is 39.3 Å². The molecule has 4 aromatic rings. The van der Waals surface area contributed by atoms with Gasteiger partial charge >= 0.3 is 5.97 Å². The Labute approximate surface area is 301 Å². The molecule has 0 aliphatic rings. The maximum atomic E-state index is 14.0. The van der Waals surface area contributed by atoms with Crippen molar-refractivity contribution in [3.63, 3.8) is 0 Å². The van der Waals surface area contributed by atoms with Gasteiger partial charge in [-0.1, -0.05) is 84.9 Å². The summed E-state index contributed by atoms with van der Waals surface area (Å²) in [5, 5.41) is 39.4. The highest BCUT2D eigenvalue weighted by Crippen LogP contribution is 2.14. The first-order valence-electron chi connectivity index (χ1n) is 16.7. The molecule has 0 aromatic heterocycles. The summed E-state index contributed by atoms with van der Waals surface area (Å²) in [5.41, 5.74) is 8.91. The van der Waals surface area contributed by atoms with Crippen LogP contribution >= 0.6 is 0 Å². The molecule has 0 fully saturated rings. The summed E-state index contributed by atoms with van der Waals surface area (Å²) in [6.45, 7) is 1.30. The SMILES string of the molecule is C[C@H](NC(=O)[C@H](Cc1ccccc1)NC(=O)[C@H](Cc1ccc(O)cc1)NC(=O)[C@H](Cc1ccccc1)NC(=O)[C@@H](N)Cc1ccc(O)cc1)C(=O)O. The highest BCUT2D eigenvalue weighted by molar-refractivity contribution is 5.95. The smallest absolute Gasteiger partial charge is 0.325 e. The Morgan fingerprint density at radius 2 is 0.827 bits per heavy atom. The van der Waals surface area contributed by atoms with Crippen LogP contribution in [0.15, 0.2) is 109 Å². The van der Waals surface area contributed by atoms with E-state index in [-0.39, 0.29) is 37.2 Å². The van der Waals surface area contributed by atoms with Crippen LogP contribution in [0.4, 0.5) is 0 Å². The van der Waals surface area contributed by atoms with Crippen molar-refractivity contribution in [2.24, 2.45) is 5.73 Å². The van der Waals surface area contributed by atoms with Gasteiger partial charge in [-0.15, -0.1) is 0 Å². The molecule has 4 aromatic carbocycles. The average Bonchev–Trinajstić information content (AvgIpc) is 3.13. The standard InChI is InChI=1S/C39H43N5O8/c1-24(39(51)52)41-36(48)32(21-25-8-4-2-5-9-25)43-38(50)34(23-28-14-18-30(46)19-15-28)44-37(49)33(22-26-10-6-3-7-11-26)42-35(47)31(40)20-27-12-16-29(45)17-13-27/h2-19,24,31-34,45-46H,20-23,40H2,1H3,(H,41,48)(H,42,47)(H,43,50)(H,44,49)(H,51,52)/t24-,31-,32-,33-,34-/m0/s1. The van der Waals surface area contributed by atoms with Gasteiger partial charge in [0.1, 0.15) is 35.7 Å². The van der Waals surface area contributed by atoms with Crippen molar-refractivity contribution in [1.29, 1.82) is 0 Å². The van der Waals surface area contributed by atoms with E-state index in [0.29, 0.717) is 16.7 Å². The number of aromatic hydroxyl groups is 2. The van der Waals surface area contributed by atoms with E-state index in [1.54, 1.807) is 78.9 Å². The fourth-order valence-corrected chi connectivity index (χ4v) is 5.37. The first-order valence-corrected chi connectivity index (χ1v) is 16.7. The Morgan fingerprint density at radius 3 is 1.21 bits per heavy atom. The fraction of sp³-hybridized carbons (Fsp3) is 0.256. The summed E-state index contributed by atoms with van der Waals surface area (Å²) in [6, 6.07) is 24.1. The molecule has 4 rings (SSSR count). The van der Waals surface area contributed by atoms with Gasteiger partial charge in [0.2, 0.25) is 23.6 Å². The normalized spacial score (nSPS) is 13.7. The lowest BCUT2D eigenvalue weighted by molar-refractivity contribution is -0.141. The van der Waals surface area contributed by atoms with Crippen LogP contribution < -0.4 is 27.0 Å². The van der Waals surface area contributed by atoms with Crippen LogP contribution in [0.25, 0.3) is 0 Å². The lowest BCUT2D eigenvalue weighted by atomic mass is 10.00. The molecule has 0 bridgehead atoms. The Kier molecular flexibility index (Phi) is 13.9. The van der Waals surface area contributed by atoms with Crippen LogP contribution in [0.2, 0.25) is 0 Å². The van der Waals surface area contributed by atoms with Crippen LogP contribution in [0.1, 0.15) is 29.2 Å². The third-order valence-electron chi connectivity index (χ3n) is 8.30. The number of nitrogens with one attached hydrogen (secondary N) is 4. The molecule has 9 N–H and O–H groups in total. The van der Waals surface area contributed by atoms with Crippen LogP contribution in [0.5, 0.6) is 11.5 Å². The number of carboxylic acid groups (broad SMARTS) is 1. The zero-order chi connectivity index (χ0) is 37.6. The molecular weight excluding hydrogens is 666 g/mol. The van der Waals surface area contributed by atoms with Gasteiger partial charge in [0.15, 0.2) is 0 Å². The van der Waals surface area contributed by atoms with Gasteiger partial charge in [0, 0.05) is 19.3 Å². The minimum atomic E-state index is -1.28. The van der Waals surface area contributed by atoms with Crippen molar-refractivity contribution in [2.45, 2.75) is 62.8 Å². The van der Waals surface area contributed by atoms with Gasteiger partial charge < -0.3 is 42.3 Å². The van der Waals surface area contributed by atoms with E-state index >= 15 is 0 Å². The van der Waals surface area contributed by atoms with E-state index in [2.05, 4.69) is 21.3 Å². The maximum Gasteiger partial charge on any atom is 0.325 e. The third-order valence-corrected chi connectivity index (χ3v) is 8.30. The van der Waals surface area contributed by atoms with Gasteiger partial charge in [-0.3, -0.25) is 24.0 Å². The van der Waals surface area contributed by atoms with Crippen molar-refractivity contribution in [1.82, 2.24) is 21.3 Å². The zero-order valence-corrected chi connectivity index (χ0v) is 28.6. The Bertz CT molecular complexity index is 1800. The van der Waals surface area contributed by atoms with Gasteiger partial charge in [-0.25, -0.2) is 0 Å². The van der Waals surface area contributed by atoms with E-state index in [1.165, 1.54) is 31.2 Å². The van der Waals surface area contributed by atoms with Crippen LogP contribution in [0, 0.1) is 0 Å². The highest BCUT2D eigenvalue weighted by atomic mass is 16.4. The average molecular weight is 710 g/mol. The number of nitrogens with two attached hydrogens (primary N) is 1. The summed E-state index contributed by atoms with van der Waals surface area (Å²) < 4.78 is 0. The Hall–Kier alpha value is -6.21. The molecule has 0 radical (unpaired) electrons. The lowest BCUT2D eigenvalue weighted by Crippen LogP contribution is -2.59. The number of carbonyl (C=O) groups excluding carboxylic acids is 4. The fourth-order valence-electron chi connectivity index (χ4n) is 5.37. The largest absolute Gasteiger partial charge is 0.508 e. The zero-order valence-electron chi connectivity index (χ0n) is 28.6. The van der Waals surface area contributed by atoms with Crippen molar-refractivity contribution < 1.29 is 39.3 Å². The molecule has 0 aliphatic carbocycles. The van der Waals surface area contributed by atoms with Gasteiger partial charge in [0.25, 0.3) is 0 Å². The van der Waals surface area contributed by atoms with E-state index in [0.717, 1.165) is 5.56 Å². The first-order chi connectivity index (χ1) is 24.9. The summed E-state index contributed by atoms with van der Waals surface area (Å²) in [4.78, 5) is 66.2. The van der Waals surface area contributed by atoms with Gasteiger partial charge in [0.05, 0.1) is 6.04 Å². The predicted molar refractivity (Wildman–Crippen MR) is 193 cm³/mol. The number of phenols is 2. The van der Waals surface area contributed by atoms with E-state index in [1.807, 2.05) is 6.07 Å². The van der Waals surface area contributed by atoms with Crippen molar-refractivity contribution in [3.05, 3.63) is 131 Å². The first kappa shape index (κ1) is 38.6. The number of carbonyl (C=O) groups is 5. The molecule has 272 valence electrons. The molecule has 0 saturated carbocycles. The topological polar surface area (TPSA) is 220 Å². The van der Waals surface area contributed by atoms with Crippen molar-refractivity contribution >= 4 is 29.6 Å². The molecule has 0 aliphatic heterocycles. The monoisotopic (exact) mass is 709 g/mol. The molecule has 0 unspecified atom stereocenters. The van der Waals surface area contributed by atoms with Crippen molar-refractivity contribution in [3.8, 4) is 11.5 Å². The summed E-state index contributed by atoms with van der Waals surface area (Å²) in [7, 11) is 0. The Balaban J connectivity index is 1.59. The van der Waals surface area contributed by atoms with Gasteiger partial charge in [-0.2, -0.15) is 0 Å². The summed E-state index contributed by atoms with van der Waals surface area (Å²) in [5.74, 6) is -3.99. The van der Waals surface area contributed by atoms with Crippen molar-refractivity contribution in [2.75, 3.05) is 0 Å². The molecule has 5 atom stereocenters. The number of phenolic OH excluding ortho intramolecular Hbond substituents is 2. The number of benzene rings is 4. The van der Waals surface area contributed by atoms with E-state index < -0.39 is 59.8 Å². The van der Waals surface area contributed by atoms with Crippen LogP contribution in [0.3, 0.4) is 0 Å². The second-order valence-corrected chi connectivity index (χ2v) is 12.5. The molecule has 0 spiro atoms. The van der Waals surface area contributed by atoms with Crippen LogP contribution in [-0.2, 0) is 49.7 Å². The molecule has 13 nitrogen and oxygen atoms in total. The quantitative estimate of drug-likeness (QED) is 0.0799. The van der Waals surface area contributed by atoms with E-state index in [4.69, 9.17) is 5.73 Å². The molecule has 13 heteroatoms. The third kappa shape index (κ3) is 12.0. The number of hydrogen-bond donors (Lipinski definition) is 8. The highest BCUT2D eigenvalue weighted by Gasteiger charge is 2.32. The summed E-state index contributed by atoms with van der Waals surface area (Å²) >= 11 is 0. The Morgan fingerprint density at radius 1 is 0.500 bits per heavy atom. The molecule has 52 heavy (non-hydrogen) atoms. The number of aliphatic carboxylic acids is 1. The molecule has 0 saturated heterocycles. The van der Waals surface area contributed by atoms with Gasteiger partial charge in [-0.05, 0) is 59.9 Å². The number of rotatable bonds is 17. The molecule has 4 amide bonds. The number of amides is 4. The summed E-state index contributed by atoms with van der Waals surface area (Å²) in [6.07, 6.45) is 0.151. The molecule has 0 heterocycles.